The minimum atomic E-state index is -0.927. The zero-order valence-electron chi connectivity index (χ0n) is 11.3. The van der Waals surface area contributed by atoms with E-state index in [1.807, 2.05) is 26.0 Å². The summed E-state index contributed by atoms with van der Waals surface area (Å²) in [7, 11) is 0. The second-order valence-electron chi connectivity index (χ2n) is 4.10. The average molecular weight is 286 g/mol. The number of thiol groups is 1. The normalized spacial score (nSPS) is 14.6. The summed E-state index contributed by atoms with van der Waals surface area (Å²) in [4.78, 5) is 0. The van der Waals surface area contributed by atoms with Gasteiger partial charge in [0.1, 0.15) is 6.10 Å². The van der Waals surface area contributed by atoms with Gasteiger partial charge in [-0.15, -0.1) is 0 Å². The Hall–Kier alpha value is -0.590. The molecule has 0 saturated heterocycles. The van der Waals surface area contributed by atoms with Crippen molar-refractivity contribution in [1.29, 1.82) is 0 Å². The Balaban J connectivity index is 2.79. The van der Waals surface area contributed by atoms with E-state index in [0.29, 0.717) is 18.8 Å². The van der Waals surface area contributed by atoms with Crippen molar-refractivity contribution in [2.75, 3.05) is 19.0 Å². The van der Waals surface area contributed by atoms with Crippen LogP contribution in [-0.2, 0) is 9.47 Å². The van der Waals surface area contributed by atoms with E-state index in [9.17, 15) is 10.2 Å². The molecule has 108 valence electrons. The molecule has 4 nitrogen and oxygen atoms in total. The number of hydrogen-bond acceptors (Lipinski definition) is 5. The van der Waals surface area contributed by atoms with Crippen molar-refractivity contribution in [3.63, 3.8) is 0 Å². The number of aliphatic hydroxyl groups is 2. The van der Waals surface area contributed by atoms with Gasteiger partial charge in [-0.3, -0.25) is 0 Å². The third-order valence-corrected chi connectivity index (χ3v) is 3.11. The fraction of sp³-hybridized carbons (Fsp3) is 0.571. The Bertz CT molecular complexity index is 349. The summed E-state index contributed by atoms with van der Waals surface area (Å²) in [6.07, 6.45) is -2.19. The first-order chi connectivity index (χ1) is 9.13. The van der Waals surface area contributed by atoms with Gasteiger partial charge in [-0.25, -0.2) is 0 Å². The molecule has 0 aromatic heterocycles. The average Bonchev–Trinajstić information content (AvgIpc) is 2.45. The number of rotatable bonds is 8. The lowest BCUT2D eigenvalue weighted by Gasteiger charge is -2.19. The highest BCUT2D eigenvalue weighted by Crippen LogP contribution is 2.23. The molecule has 2 N–H and O–H groups in total. The minimum absolute atomic E-state index is 0.212. The molecule has 1 aromatic carbocycles. The monoisotopic (exact) mass is 286 g/mol. The highest BCUT2D eigenvalue weighted by molar-refractivity contribution is 7.80. The molecular weight excluding hydrogens is 264 g/mol. The van der Waals surface area contributed by atoms with Gasteiger partial charge >= 0.3 is 0 Å². The summed E-state index contributed by atoms with van der Waals surface area (Å²) < 4.78 is 11.0. The number of aliphatic hydroxyl groups excluding tert-OH is 2. The molecule has 5 heteroatoms. The van der Waals surface area contributed by atoms with Gasteiger partial charge in [0.2, 0.25) is 0 Å². The van der Waals surface area contributed by atoms with Gasteiger partial charge in [0, 0.05) is 24.5 Å². The SMILES string of the molecule is CCOC(OCC)c1ccc(C(O)C(O)CS)cc1. The molecule has 0 spiro atoms. The summed E-state index contributed by atoms with van der Waals surface area (Å²) in [5.41, 5.74) is 1.54. The first kappa shape index (κ1) is 16.5. The van der Waals surface area contributed by atoms with Crippen LogP contribution < -0.4 is 0 Å². The Morgan fingerprint density at radius 1 is 1.00 bits per heavy atom. The van der Waals surface area contributed by atoms with Gasteiger partial charge < -0.3 is 19.7 Å². The van der Waals surface area contributed by atoms with Gasteiger partial charge in [-0.2, -0.15) is 12.6 Å². The van der Waals surface area contributed by atoms with Crippen molar-refractivity contribution >= 4 is 12.6 Å². The summed E-state index contributed by atoms with van der Waals surface area (Å²) in [5.74, 6) is 0.212. The van der Waals surface area contributed by atoms with Crippen LogP contribution in [0.4, 0.5) is 0 Å². The third-order valence-electron chi connectivity index (χ3n) is 2.74. The minimum Gasteiger partial charge on any atom is -0.389 e. The van der Waals surface area contributed by atoms with E-state index in [4.69, 9.17) is 9.47 Å². The lowest BCUT2D eigenvalue weighted by molar-refractivity contribution is -0.140. The molecule has 0 aliphatic heterocycles. The fourth-order valence-electron chi connectivity index (χ4n) is 1.72. The van der Waals surface area contributed by atoms with E-state index >= 15 is 0 Å². The summed E-state index contributed by atoms with van der Waals surface area (Å²) in [6, 6.07) is 7.19. The van der Waals surface area contributed by atoms with Crippen LogP contribution in [0.1, 0.15) is 37.4 Å². The fourth-order valence-corrected chi connectivity index (χ4v) is 1.92. The number of ether oxygens (including phenoxy) is 2. The molecular formula is C14H22O4S. The molecule has 0 aliphatic rings. The molecule has 0 radical (unpaired) electrons. The summed E-state index contributed by atoms with van der Waals surface area (Å²) in [6.45, 7) is 4.95. The zero-order chi connectivity index (χ0) is 14.3. The van der Waals surface area contributed by atoms with Crippen molar-refractivity contribution in [3.8, 4) is 0 Å². The predicted molar refractivity (Wildman–Crippen MR) is 77.3 cm³/mol. The lowest BCUT2D eigenvalue weighted by atomic mass is 10.0. The first-order valence-corrected chi connectivity index (χ1v) is 7.07. The summed E-state index contributed by atoms with van der Waals surface area (Å²) in [5, 5.41) is 19.4. The largest absolute Gasteiger partial charge is 0.389 e. The number of benzene rings is 1. The maximum absolute atomic E-state index is 9.86. The van der Waals surface area contributed by atoms with E-state index in [1.165, 1.54) is 0 Å². The molecule has 0 heterocycles. The number of hydrogen-bond donors (Lipinski definition) is 3. The molecule has 2 atom stereocenters. The molecule has 2 unspecified atom stereocenters. The molecule has 19 heavy (non-hydrogen) atoms. The smallest absolute Gasteiger partial charge is 0.183 e. The van der Waals surface area contributed by atoms with Crippen LogP contribution in [0.25, 0.3) is 0 Å². The predicted octanol–water partition coefficient (Wildman–Crippen LogP) is 2.08. The topological polar surface area (TPSA) is 58.9 Å². The van der Waals surface area contributed by atoms with Crippen LogP contribution in [0.5, 0.6) is 0 Å². The molecule has 0 aliphatic carbocycles. The van der Waals surface area contributed by atoms with Crippen molar-refractivity contribution in [1.82, 2.24) is 0 Å². The Morgan fingerprint density at radius 3 is 1.89 bits per heavy atom. The molecule has 1 aromatic rings. The summed E-state index contributed by atoms with van der Waals surface area (Å²) >= 11 is 3.96. The van der Waals surface area contributed by atoms with E-state index in [0.717, 1.165) is 5.56 Å². The lowest BCUT2D eigenvalue weighted by Crippen LogP contribution is -2.19. The standard InChI is InChI=1S/C14H22O4S/c1-3-17-14(18-4-2)11-7-5-10(6-8-11)13(16)12(15)9-19/h5-8,12-16,19H,3-4,9H2,1-2H3. The third kappa shape index (κ3) is 4.78. The van der Waals surface area contributed by atoms with E-state index in [2.05, 4.69) is 12.6 Å². The van der Waals surface area contributed by atoms with Crippen LogP contribution in [0, 0.1) is 0 Å². The Morgan fingerprint density at radius 2 is 1.47 bits per heavy atom. The second kappa shape index (κ2) is 8.55. The first-order valence-electron chi connectivity index (χ1n) is 6.44. The molecule has 0 fully saturated rings. The molecule has 0 saturated carbocycles. The second-order valence-corrected chi connectivity index (χ2v) is 4.47. The van der Waals surface area contributed by atoms with Crippen LogP contribution in [-0.4, -0.2) is 35.3 Å². The highest BCUT2D eigenvalue weighted by atomic mass is 32.1. The Labute approximate surface area is 119 Å². The maximum atomic E-state index is 9.86. The zero-order valence-corrected chi connectivity index (χ0v) is 12.2. The Kier molecular flexibility index (Phi) is 7.41. The van der Waals surface area contributed by atoms with Crippen LogP contribution in [0.3, 0.4) is 0 Å². The molecule has 1 rings (SSSR count). The van der Waals surface area contributed by atoms with Gasteiger partial charge in [0.05, 0.1) is 6.10 Å². The van der Waals surface area contributed by atoms with Crippen molar-refractivity contribution in [2.24, 2.45) is 0 Å². The van der Waals surface area contributed by atoms with Crippen LogP contribution in [0.2, 0.25) is 0 Å². The quantitative estimate of drug-likeness (QED) is 0.506. The van der Waals surface area contributed by atoms with Crippen molar-refractivity contribution < 1.29 is 19.7 Å². The van der Waals surface area contributed by atoms with E-state index in [-0.39, 0.29) is 5.75 Å². The van der Waals surface area contributed by atoms with Crippen molar-refractivity contribution in [2.45, 2.75) is 32.3 Å². The van der Waals surface area contributed by atoms with Crippen LogP contribution in [0.15, 0.2) is 24.3 Å². The van der Waals surface area contributed by atoms with Gasteiger partial charge in [0.25, 0.3) is 0 Å². The molecule has 0 bridgehead atoms. The highest BCUT2D eigenvalue weighted by Gasteiger charge is 2.18. The van der Waals surface area contributed by atoms with Gasteiger partial charge in [-0.05, 0) is 19.4 Å². The van der Waals surface area contributed by atoms with Gasteiger partial charge in [-0.1, -0.05) is 24.3 Å². The van der Waals surface area contributed by atoms with Crippen LogP contribution >= 0.6 is 12.6 Å². The van der Waals surface area contributed by atoms with Crippen molar-refractivity contribution in [3.05, 3.63) is 35.4 Å². The molecule has 0 amide bonds. The van der Waals surface area contributed by atoms with E-state index < -0.39 is 18.5 Å². The maximum Gasteiger partial charge on any atom is 0.183 e. The van der Waals surface area contributed by atoms with Gasteiger partial charge in [0.15, 0.2) is 6.29 Å². The van der Waals surface area contributed by atoms with E-state index in [1.54, 1.807) is 12.1 Å².